The molecule has 0 aliphatic heterocycles. The molecule has 1 unspecified atom stereocenters. The zero-order valence-corrected chi connectivity index (χ0v) is 6.67. The summed E-state index contributed by atoms with van der Waals surface area (Å²) in [4.78, 5) is 0. The normalized spacial score (nSPS) is 16.2. The second kappa shape index (κ2) is 3.65. The van der Waals surface area contributed by atoms with Gasteiger partial charge in [-0.3, -0.25) is 0 Å². The van der Waals surface area contributed by atoms with Crippen molar-refractivity contribution in [1.29, 1.82) is 0 Å². The van der Waals surface area contributed by atoms with E-state index >= 15 is 0 Å². The highest BCUT2D eigenvalue weighted by atomic mass is 16.7. The first-order chi connectivity index (χ1) is 5.28. The topological polar surface area (TPSA) is 121 Å². The Morgan fingerprint density at radius 1 is 1.08 bits per heavy atom. The molecule has 0 aromatic carbocycles. The third-order valence-electron chi connectivity index (χ3n) is 1.75. The molecule has 0 spiro atoms. The van der Waals surface area contributed by atoms with Crippen LogP contribution in [0.25, 0.3) is 0 Å². The molecule has 0 aromatic rings. The third kappa shape index (κ3) is 2.37. The van der Waals surface area contributed by atoms with Gasteiger partial charge in [0.15, 0.2) is 0 Å². The van der Waals surface area contributed by atoms with Crippen LogP contribution in [0.3, 0.4) is 0 Å². The van der Waals surface area contributed by atoms with Gasteiger partial charge in [-0.1, -0.05) is 6.92 Å². The van der Waals surface area contributed by atoms with Gasteiger partial charge in [0.05, 0.1) is 13.2 Å². The SMILES string of the molecule is CC(CO)(CO)C(O)C(O)(O)O. The van der Waals surface area contributed by atoms with Crippen molar-refractivity contribution in [3.8, 4) is 0 Å². The average Bonchev–Trinajstić information content (AvgIpc) is 2.00. The molecule has 0 rings (SSSR count). The summed E-state index contributed by atoms with van der Waals surface area (Å²) >= 11 is 0. The maximum atomic E-state index is 9.03. The van der Waals surface area contributed by atoms with E-state index in [1.165, 1.54) is 6.92 Å². The van der Waals surface area contributed by atoms with Gasteiger partial charge in [0, 0.05) is 5.41 Å². The van der Waals surface area contributed by atoms with Crippen LogP contribution in [0.5, 0.6) is 0 Å². The number of aliphatic hydroxyl groups excluding tert-OH is 3. The molecule has 0 saturated carbocycles. The van der Waals surface area contributed by atoms with Crippen molar-refractivity contribution < 1.29 is 30.6 Å². The third-order valence-corrected chi connectivity index (χ3v) is 1.75. The highest BCUT2D eigenvalue weighted by Gasteiger charge is 2.44. The van der Waals surface area contributed by atoms with E-state index in [-0.39, 0.29) is 0 Å². The Bertz CT molecular complexity index is 135. The largest absolute Gasteiger partial charge is 0.396 e. The first kappa shape index (κ1) is 11.8. The lowest BCUT2D eigenvalue weighted by Gasteiger charge is -2.34. The van der Waals surface area contributed by atoms with E-state index in [1.807, 2.05) is 0 Å². The number of hydrogen-bond acceptors (Lipinski definition) is 6. The van der Waals surface area contributed by atoms with E-state index in [0.717, 1.165) is 0 Å². The fourth-order valence-corrected chi connectivity index (χ4v) is 0.690. The van der Waals surface area contributed by atoms with Crippen LogP contribution in [0.2, 0.25) is 0 Å². The van der Waals surface area contributed by atoms with Crippen molar-refractivity contribution in [3.63, 3.8) is 0 Å². The van der Waals surface area contributed by atoms with Gasteiger partial charge in [-0.25, -0.2) is 0 Å². The quantitative estimate of drug-likeness (QED) is 0.257. The predicted molar refractivity (Wildman–Crippen MR) is 37.7 cm³/mol. The minimum atomic E-state index is -3.32. The first-order valence-corrected chi connectivity index (χ1v) is 3.35. The van der Waals surface area contributed by atoms with Crippen LogP contribution in [-0.2, 0) is 0 Å². The summed E-state index contributed by atoms with van der Waals surface area (Å²) in [6.45, 7) is -0.183. The first-order valence-electron chi connectivity index (χ1n) is 3.35. The molecule has 0 saturated heterocycles. The van der Waals surface area contributed by atoms with Crippen molar-refractivity contribution in [2.24, 2.45) is 5.41 Å². The highest BCUT2D eigenvalue weighted by Crippen LogP contribution is 2.25. The van der Waals surface area contributed by atoms with Crippen LogP contribution in [0.4, 0.5) is 0 Å². The summed E-state index contributed by atoms with van der Waals surface area (Å²) in [5, 5.41) is 51.9. The zero-order chi connectivity index (χ0) is 9.99. The Hall–Kier alpha value is -0.240. The van der Waals surface area contributed by atoms with Gasteiger partial charge < -0.3 is 30.6 Å². The molecule has 0 radical (unpaired) electrons. The standard InChI is InChI=1S/C6H14O6/c1-5(2-7,3-8)4(9)6(10,11)12/h4,7-12H,2-3H2,1H3. The molecule has 12 heavy (non-hydrogen) atoms. The number of rotatable bonds is 4. The molecule has 1 atom stereocenters. The second-order valence-corrected chi connectivity index (χ2v) is 3.06. The Kier molecular flexibility index (Phi) is 3.58. The van der Waals surface area contributed by atoms with Crippen LogP contribution in [0.15, 0.2) is 0 Å². The van der Waals surface area contributed by atoms with Crippen molar-refractivity contribution in [1.82, 2.24) is 0 Å². The van der Waals surface area contributed by atoms with Crippen LogP contribution in [0, 0.1) is 5.41 Å². The van der Waals surface area contributed by atoms with Gasteiger partial charge in [-0.2, -0.15) is 0 Å². The van der Waals surface area contributed by atoms with E-state index < -0.39 is 30.7 Å². The fraction of sp³-hybridized carbons (Fsp3) is 1.00. The summed E-state index contributed by atoms with van der Waals surface area (Å²) < 4.78 is 0. The number of aliphatic hydroxyl groups is 6. The predicted octanol–water partition coefficient (Wildman–Crippen LogP) is -3.03. The van der Waals surface area contributed by atoms with Crippen molar-refractivity contribution in [3.05, 3.63) is 0 Å². The molecule has 0 aliphatic rings. The van der Waals surface area contributed by atoms with Crippen LogP contribution in [-0.4, -0.2) is 55.9 Å². The maximum Gasteiger partial charge on any atom is 0.303 e. The molecular formula is C6H14O6. The lowest BCUT2D eigenvalue weighted by atomic mass is 9.84. The molecule has 6 N–H and O–H groups in total. The molecular weight excluding hydrogens is 168 g/mol. The van der Waals surface area contributed by atoms with E-state index in [0.29, 0.717) is 0 Å². The van der Waals surface area contributed by atoms with Crippen LogP contribution < -0.4 is 0 Å². The van der Waals surface area contributed by atoms with E-state index in [9.17, 15) is 0 Å². The van der Waals surface area contributed by atoms with Gasteiger partial charge in [0.2, 0.25) is 0 Å². The average molecular weight is 182 g/mol. The summed E-state index contributed by atoms with van der Waals surface area (Å²) in [5.41, 5.74) is -1.56. The molecule has 0 bridgehead atoms. The van der Waals surface area contributed by atoms with Crippen LogP contribution in [0.1, 0.15) is 6.92 Å². The van der Waals surface area contributed by atoms with Gasteiger partial charge in [-0.15, -0.1) is 0 Å². The van der Waals surface area contributed by atoms with Crippen molar-refractivity contribution in [2.45, 2.75) is 19.0 Å². The van der Waals surface area contributed by atoms with E-state index in [1.54, 1.807) is 0 Å². The van der Waals surface area contributed by atoms with Gasteiger partial charge >= 0.3 is 5.97 Å². The molecule has 74 valence electrons. The minimum Gasteiger partial charge on any atom is -0.396 e. The molecule has 6 heteroatoms. The van der Waals surface area contributed by atoms with E-state index in [2.05, 4.69) is 0 Å². The molecule has 0 fully saturated rings. The smallest absolute Gasteiger partial charge is 0.303 e. The number of hydrogen-bond donors (Lipinski definition) is 6. The molecule has 0 aliphatic carbocycles. The Balaban J connectivity index is 4.53. The minimum absolute atomic E-state index is 0.686. The summed E-state index contributed by atoms with van der Waals surface area (Å²) in [6, 6.07) is 0. The zero-order valence-electron chi connectivity index (χ0n) is 6.67. The maximum absolute atomic E-state index is 9.03. The Labute approximate surface area is 69.3 Å². The Morgan fingerprint density at radius 3 is 1.50 bits per heavy atom. The fourth-order valence-electron chi connectivity index (χ4n) is 0.690. The monoisotopic (exact) mass is 182 g/mol. The lowest BCUT2D eigenvalue weighted by molar-refractivity contribution is -0.375. The molecule has 6 nitrogen and oxygen atoms in total. The van der Waals surface area contributed by atoms with Crippen molar-refractivity contribution >= 4 is 0 Å². The van der Waals surface area contributed by atoms with E-state index in [4.69, 9.17) is 30.6 Å². The lowest BCUT2D eigenvalue weighted by Crippen LogP contribution is -2.54. The Morgan fingerprint density at radius 2 is 1.42 bits per heavy atom. The van der Waals surface area contributed by atoms with Crippen molar-refractivity contribution in [2.75, 3.05) is 13.2 Å². The second-order valence-electron chi connectivity index (χ2n) is 3.06. The highest BCUT2D eigenvalue weighted by molar-refractivity contribution is 4.84. The molecule has 0 heterocycles. The molecule has 0 amide bonds. The van der Waals surface area contributed by atoms with Gasteiger partial charge in [0.25, 0.3) is 0 Å². The van der Waals surface area contributed by atoms with Gasteiger partial charge in [0.1, 0.15) is 6.10 Å². The summed E-state index contributed by atoms with van der Waals surface area (Å²) in [5.74, 6) is -3.32. The molecule has 0 aromatic heterocycles. The summed E-state index contributed by atoms with van der Waals surface area (Å²) in [6.07, 6.45) is -2.04. The van der Waals surface area contributed by atoms with Gasteiger partial charge in [-0.05, 0) is 0 Å². The van der Waals surface area contributed by atoms with Crippen LogP contribution >= 0.6 is 0 Å². The summed E-state index contributed by atoms with van der Waals surface area (Å²) in [7, 11) is 0.